The Kier molecular flexibility index (Phi) is 8.63. The van der Waals surface area contributed by atoms with Gasteiger partial charge in [0, 0.05) is 12.8 Å². The van der Waals surface area contributed by atoms with Crippen LogP contribution >= 0.6 is 0 Å². The lowest BCUT2D eigenvalue weighted by atomic mass is 10.1. The van der Waals surface area contributed by atoms with E-state index in [9.17, 15) is 9.59 Å². The van der Waals surface area contributed by atoms with Crippen molar-refractivity contribution in [2.24, 2.45) is 0 Å². The summed E-state index contributed by atoms with van der Waals surface area (Å²) >= 11 is 0. The van der Waals surface area contributed by atoms with Crippen molar-refractivity contribution < 1.29 is 19.3 Å². The van der Waals surface area contributed by atoms with Crippen molar-refractivity contribution >= 4 is 17.6 Å². The van der Waals surface area contributed by atoms with Gasteiger partial charge in [0.25, 0.3) is 0 Å². The van der Waals surface area contributed by atoms with Crippen LogP contribution in [0.5, 0.6) is 0 Å². The van der Waals surface area contributed by atoms with E-state index in [0.29, 0.717) is 12.8 Å². The number of nitrogens with one attached hydrogen (secondary N) is 2. The quantitative estimate of drug-likeness (QED) is 0.512. The maximum atomic E-state index is 11.5. The fraction of sp³-hybridized carbons (Fsp3) is 0.467. The van der Waals surface area contributed by atoms with E-state index in [1.54, 1.807) is 0 Å². The predicted molar refractivity (Wildman–Crippen MR) is 79.0 cm³/mol. The summed E-state index contributed by atoms with van der Waals surface area (Å²) in [4.78, 5) is 32.0. The van der Waals surface area contributed by atoms with Gasteiger partial charge in [-0.2, -0.15) is 0 Å². The van der Waals surface area contributed by atoms with E-state index in [4.69, 9.17) is 4.84 Å². The Bertz CT molecular complexity index is 423. The zero-order valence-corrected chi connectivity index (χ0v) is 12.3. The summed E-state index contributed by atoms with van der Waals surface area (Å²) in [6.07, 6.45) is 4.13. The van der Waals surface area contributed by atoms with Gasteiger partial charge in [0.1, 0.15) is 0 Å². The van der Waals surface area contributed by atoms with Crippen molar-refractivity contribution in [1.29, 1.82) is 0 Å². The highest BCUT2D eigenvalue weighted by Crippen LogP contribution is 2.08. The fourth-order valence-electron chi connectivity index (χ4n) is 1.75. The molecule has 2 N–H and O–H groups in total. The van der Waals surface area contributed by atoms with Gasteiger partial charge < -0.3 is 4.84 Å². The Morgan fingerprint density at radius 2 is 1.67 bits per heavy atom. The number of benzene rings is 1. The smallest absolute Gasteiger partial charge is 0.332 e. The molecular weight excluding hydrogens is 272 g/mol. The minimum Gasteiger partial charge on any atom is -0.343 e. The summed E-state index contributed by atoms with van der Waals surface area (Å²) in [5.41, 5.74) is 5.62. The number of unbranched alkanes of at least 4 members (excludes halogenated alkanes) is 3. The van der Waals surface area contributed by atoms with Crippen molar-refractivity contribution in [3.8, 4) is 0 Å². The van der Waals surface area contributed by atoms with Crippen molar-refractivity contribution in [2.75, 3.05) is 12.6 Å². The number of anilines is 1. The summed E-state index contributed by atoms with van der Waals surface area (Å²) < 4.78 is 0. The molecule has 1 amide bonds. The molecule has 1 aromatic rings. The molecule has 0 aliphatic carbocycles. The van der Waals surface area contributed by atoms with Crippen LogP contribution < -0.4 is 11.0 Å². The number of hydrogen-bond acceptors (Lipinski definition) is 5. The SMILES string of the molecule is CONC(=O)CCCCCCC(=O)ONc1ccccc1. The lowest BCUT2D eigenvalue weighted by Gasteiger charge is -2.06. The van der Waals surface area contributed by atoms with Gasteiger partial charge in [0.05, 0.1) is 12.8 Å². The number of amides is 1. The van der Waals surface area contributed by atoms with Gasteiger partial charge in [-0.15, -0.1) is 0 Å². The van der Waals surface area contributed by atoms with Crippen LogP contribution in [-0.2, 0) is 19.3 Å². The normalized spacial score (nSPS) is 9.95. The van der Waals surface area contributed by atoms with Gasteiger partial charge in [-0.05, 0) is 25.0 Å². The topological polar surface area (TPSA) is 76.7 Å². The average molecular weight is 294 g/mol. The first-order valence-corrected chi connectivity index (χ1v) is 7.05. The Morgan fingerprint density at radius 1 is 1.00 bits per heavy atom. The highest BCUT2D eigenvalue weighted by atomic mass is 16.7. The first-order valence-electron chi connectivity index (χ1n) is 7.05. The van der Waals surface area contributed by atoms with Crippen molar-refractivity contribution in [3.05, 3.63) is 30.3 Å². The number of hydrogen-bond donors (Lipinski definition) is 2. The first-order chi connectivity index (χ1) is 10.2. The standard InChI is InChI=1S/C15H22N2O4/c1-20-17-14(18)11-7-2-3-8-12-15(19)21-16-13-9-5-4-6-10-13/h4-6,9-10,16H,2-3,7-8,11-12H2,1H3,(H,17,18). The molecule has 0 bridgehead atoms. The molecule has 0 spiro atoms. The van der Waals surface area contributed by atoms with Gasteiger partial charge in [-0.25, -0.2) is 15.8 Å². The third-order valence-corrected chi connectivity index (χ3v) is 2.81. The first kappa shape index (κ1) is 17.0. The second kappa shape index (κ2) is 10.7. The highest BCUT2D eigenvalue weighted by molar-refractivity contribution is 5.74. The molecule has 0 saturated heterocycles. The minimum atomic E-state index is -0.282. The van der Waals surface area contributed by atoms with E-state index in [2.05, 4.69) is 15.8 Å². The second-order valence-electron chi connectivity index (χ2n) is 4.59. The Labute approximate surface area is 124 Å². The van der Waals surface area contributed by atoms with Crippen LogP contribution in [-0.4, -0.2) is 19.0 Å². The van der Waals surface area contributed by atoms with E-state index >= 15 is 0 Å². The molecule has 0 fully saturated rings. The summed E-state index contributed by atoms with van der Waals surface area (Å²) in [6, 6.07) is 9.24. The zero-order chi connectivity index (χ0) is 15.3. The number of hydroxylamine groups is 1. The molecule has 0 unspecified atom stereocenters. The lowest BCUT2D eigenvalue weighted by Crippen LogP contribution is -2.21. The lowest BCUT2D eigenvalue weighted by molar-refractivity contribution is -0.140. The third-order valence-electron chi connectivity index (χ3n) is 2.81. The van der Waals surface area contributed by atoms with Gasteiger partial charge in [0.2, 0.25) is 5.91 Å². The predicted octanol–water partition coefficient (Wildman–Crippen LogP) is 2.57. The molecule has 0 heterocycles. The van der Waals surface area contributed by atoms with Gasteiger partial charge in [-0.1, -0.05) is 31.0 Å². The maximum Gasteiger partial charge on any atom is 0.332 e. The molecule has 6 nitrogen and oxygen atoms in total. The van der Waals surface area contributed by atoms with Crippen LogP contribution in [0.2, 0.25) is 0 Å². The molecule has 0 aliphatic heterocycles. The molecule has 0 aromatic heterocycles. The highest BCUT2D eigenvalue weighted by Gasteiger charge is 2.04. The van der Waals surface area contributed by atoms with Crippen LogP contribution in [0, 0.1) is 0 Å². The Hall–Kier alpha value is -2.08. The van der Waals surface area contributed by atoms with Crippen LogP contribution in [0.25, 0.3) is 0 Å². The van der Waals surface area contributed by atoms with Gasteiger partial charge >= 0.3 is 5.97 Å². The summed E-state index contributed by atoms with van der Waals surface area (Å²) in [7, 11) is 1.41. The molecule has 0 radical (unpaired) electrons. The minimum absolute atomic E-state index is 0.121. The third kappa shape index (κ3) is 8.65. The van der Waals surface area contributed by atoms with E-state index in [1.807, 2.05) is 30.3 Å². The van der Waals surface area contributed by atoms with Crippen LogP contribution in [0.3, 0.4) is 0 Å². The van der Waals surface area contributed by atoms with Gasteiger partial charge in [0.15, 0.2) is 0 Å². The molecular formula is C15H22N2O4. The van der Waals surface area contributed by atoms with Crippen LogP contribution in [0.15, 0.2) is 30.3 Å². The van der Waals surface area contributed by atoms with E-state index < -0.39 is 0 Å². The van der Waals surface area contributed by atoms with Crippen molar-refractivity contribution in [3.63, 3.8) is 0 Å². The number of para-hydroxylation sites is 1. The average Bonchev–Trinajstić information content (AvgIpc) is 2.50. The van der Waals surface area contributed by atoms with Crippen molar-refractivity contribution in [1.82, 2.24) is 5.48 Å². The van der Waals surface area contributed by atoms with Crippen LogP contribution in [0.1, 0.15) is 38.5 Å². The van der Waals surface area contributed by atoms with Crippen LogP contribution in [0.4, 0.5) is 5.69 Å². The van der Waals surface area contributed by atoms with E-state index in [1.165, 1.54) is 7.11 Å². The molecule has 1 rings (SSSR count). The molecule has 116 valence electrons. The van der Waals surface area contributed by atoms with Crippen molar-refractivity contribution in [2.45, 2.75) is 38.5 Å². The van der Waals surface area contributed by atoms with E-state index in [-0.39, 0.29) is 11.9 Å². The Balaban J connectivity index is 1.97. The molecule has 0 aliphatic rings. The largest absolute Gasteiger partial charge is 0.343 e. The molecule has 21 heavy (non-hydrogen) atoms. The van der Waals surface area contributed by atoms with E-state index in [0.717, 1.165) is 31.4 Å². The number of carbonyl (C=O) groups is 2. The van der Waals surface area contributed by atoms with Gasteiger partial charge in [-0.3, -0.25) is 9.63 Å². The number of rotatable bonds is 10. The number of carbonyl (C=O) groups excluding carboxylic acids is 2. The summed E-state index contributed by atoms with van der Waals surface area (Å²) in [5.74, 6) is -0.403. The molecule has 0 atom stereocenters. The molecule has 6 heteroatoms. The second-order valence-corrected chi connectivity index (χ2v) is 4.59. The molecule has 0 saturated carbocycles. The zero-order valence-electron chi connectivity index (χ0n) is 12.3. The summed E-state index contributed by atoms with van der Waals surface area (Å²) in [6.45, 7) is 0. The summed E-state index contributed by atoms with van der Waals surface area (Å²) in [5, 5.41) is 0. The monoisotopic (exact) mass is 294 g/mol. The molecule has 1 aromatic carbocycles. The maximum absolute atomic E-state index is 11.5. The Morgan fingerprint density at radius 3 is 2.33 bits per heavy atom. The fourth-order valence-corrected chi connectivity index (χ4v) is 1.75.